The molecule has 1 aromatic carbocycles. The lowest BCUT2D eigenvalue weighted by Crippen LogP contribution is -2.22. The van der Waals surface area contributed by atoms with Crippen molar-refractivity contribution in [2.75, 3.05) is 24.7 Å². The van der Waals surface area contributed by atoms with Crippen molar-refractivity contribution in [1.29, 1.82) is 0 Å². The molecule has 1 aliphatic carbocycles. The van der Waals surface area contributed by atoms with E-state index in [1.165, 1.54) is 39.2 Å². The summed E-state index contributed by atoms with van der Waals surface area (Å²) < 4.78 is 4.82. The van der Waals surface area contributed by atoms with Crippen LogP contribution >= 0.6 is 0 Å². The van der Waals surface area contributed by atoms with Crippen LogP contribution in [0.4, 0.5) is 11.4 Å². The lowest BCUT2D eigenvalue weighted by Gasteiger charge is -2.28. The summed E-state index contributed by atoms with van der Waals surface area (Å²) in [5.41, 5.74) is 7.65. The fourth-order valence-corrected chi connectivity index (χ4v) is 3.09. The van der Waals surface area contributed by atoms with Gasteiger partial charge in [-0.1, -0.05) is 26.2 Å². The minimum Gasteiger partial charge on any atom is -0.465 e. The van der Waals surface area contributed by atoms with Crippen molar-refractivity contribution in [2.45, 2.75) is 39.0 Å². The first-order valence-electron chi connectivity index (χ1n) is 7.85. The fraction of sp³-hybridized carbons (Fsp3) is 0.588. The molecule has 116 valence electrons. The summed E-state index contributed by atoms with van der Waals surface area (Å²) in [6.07, 6.45) is 6.50. The van der Waals surface area contributed by atoms with E-state index in [1.807, 2.05) is 12.1 Å². The predicted molar refractivity (Wildman–Crippen MR) is 86.4 cm³/mol. The Morgan fingerprint density at radius 2 is 1.95 bits per heavy atom. The Labute approximate surface area is 127 Å². The number of nitrogens with two attached hydrogens (primary N) is 1. The smallest absolute Gasteiger partial charge is 0.340 e. The van der Waals surface area contributed by atoms with E-state index in [2.05, 4.69) is 12.2 Å². The van der Waals surface area contributed by atoms with E-state index >= 15 is 0 Å². The van der Waals surface area contributed by atoms with Gasteiger partial charge in [-0.05, 0) is 42.9 Å². The molecule has 0 atom stereocenters. The van der Waals surface area contributed by atoms with Gasteiger partial charge in [0.2, 0.25) is 0 Å². The summed E-state index contributed by atoms with van der Waals surface area (Å²) in [6.45, 7) is 3.19. The summed E-state index contributed by atoms with van der Waals surface area (Å²) in [6, 6.07) is 5.34. The molecule has 1 saturated carbocycles. The number of carbonyl (C=O) groups excluding carboxylic acids is 1. The molecule has 0 unspecified atom stereocenters. The molecule has 1 aliphatic rings. The topological polar surface area (TPSA) is 64.3 Å². The lowest BCUT2D eigenvalue weighted by molar-refractivity contribution is 0.0602. The minimum atomic E-state index is -0.348. The molecule has 4 heteroatoms. The maximum absolute atomic E-state index is 11.8. The van der Waals surface area contributed by atoms with Gasteiger partial charge in [0.25, 0.3) is 0 Å². The third kappa shape index (κ3) is 4.13. The standard InChI is InChI=1S/C17H26N2O2/c1-3-12-4-6-13(7-5-12)11-19-16-9-8-14(18)10-15(16)17(20)21-2/h8-10,12-13,19H,3-7,11,18H2,1-2H3. The molecule has 3 N–H and O–H groups in total. The van der Waals surface area contributed by atoms with E-state index < -0.39 is 0 Å². The molecule has 0 aromatic heterocycles. The molecule has 0 bridgehead atoms. The molecule has 0 amide bonds. The first-order chi connectivity index (χ1) is 10.1. The molecule has 4 nitrogen and oxygen atoms in total. The van der Waals surface area contributed by atoms with Gasteiger partial charge < -0.3 is 15.8 Å². The van der Waals surface area contributed by atoms with Crippen molar-refractivity contribution in [3.05, 3.63) is 23.8 Å². The number of anilines is 2. The number of hydrogen-bond acceptors (Lipinski definition) is 4. The zero-order valence-electron chi connectivity index (χ0n) is 13.0. The maximum atomic E-state index is 11.8. The highest BCUT2D eigenvalue weighted by Crippen LogP contribution is 2.31. The van der Waals surface area contributed by atoms with Gasteiger partial charge in [-0.2, -0.15) is 0 Å². The van der Waals surface area contributed by atoms with Gasteiger partial charge in [0.15, 0.2) is 0 Å². The number of nitrogens with one attached hydrogen (secondary N) is 1. The van der Waals surface area contributed by atoms with Crippen molar-refractivity contribution >= 4 is 17.3 Å². The highest BCUT2D eigenvalue weighted by Gasteiger charge is 2.20. The van der Waals surface area contributed by atoms with E-state index in [0.29, 0.717) is 17.2 Å². The molecule has 2 rings (SSSR count). The highest BCUT2D eigenvalue weighted by atomic mass is 16.5. The first-order valence-corrected chi connectivity index (χ1v) is 7.85. The minimum absolute atomic E-state index is 0.348. The number of rotatable bonds is 5. The molecule has 1 fully saturated rings. The largest absolute Gasteiger partial charge is 0.465 e. The first kappa shape index (κ1) is 15.7. The second kappa shape index (κ2) is 7.34. The van der Waals surface area contributed by atoms with Gasteiger partial charge in [0.1, 0.15) is 0 Å². The number of hydrogen-bond donors (Lipinski definition) is 2. The second-order valence-corrected chi connectivity index (χ2v) is 5.97. The lowest BCUT2D eigenvalue weighted by atomic mass is 9.81. The van der Waals surface area contributed by atoms with Crippen LogP contribution in [-0.2, 0) is 4.74 Å². The zero-order valence-corrected chi connectivity index (χ0v) is 13.0. The summed E-state index contributed by atoms with van der Waals surface area (Å²) in [4.78, 5) is 11.8. The van der Waals surface area contributed by atoms with E-state index in [9.17, 15) is 4.79 Å². The van der Waals surface area contributed by atoms with Gasteiger partial charge in [-0.25, -0.2) is 4.79 Å². The molecule has 1 aromatic rings. The Bertz CT molecular complexity index is 480. The molecule has 21 heavy (non-hydrogen) atoms. The Kier molecular flexibility index (Phi) is 5.48. The van der Waals surface area contributed by atoms with Crippen LogP contribution < -0.4 is 11.1 Å². The quantitative estimate of drug-likeness (QED) is 0.641. The van der Waals surface area contributed by atoms with Gasteiger partial charge in [0.05, 0.1) is 12.7 Å². The number of esters is 1. The average molecular weight is 290 g/mol. The van der Waals surface area contributed by atoms with Crippen LogP contribution in [0.15, 0.2) is 18.2 Å². The van der Waals surface area contributed by atoms with Crippen LogP contribution in [0.3, 0.4) is 0 Å². The summed E-state index contributed by atoms with van der Waals surface area (Å²) in [7, 11) is 1.39. The van der Waals surface area contributed by atoms with Crippen LogP contribution in [0.25, 0.3) is 0 Å². The predicted octanol–water partition coefficient (Wildman–Crippen LogP) is 3.68. The Morgan fingerprint density at radius 3 is 2.57 bits per heavy atom. The Hall–Kier alpha value is -1.71. The second-order valence-electron chi connectivity index (χ2n) is 5.97. The monoisotopic (exact) mass is 290 g/mol. The molecule has 0 spiro atoms. The SMILES string of the molecule is CCC1CCC(CNc2ccc(N)cc2C(=O)OC)CC1. The third-order valence-corrected chi connectivity index (χ3v) is 4.57. The normalized spacial score (nSPS) is 21.8. The summed E-state index contributed by atoms with van der Waals surface area (Å²) >= 11 is 0. The number of carbonyl (C=O) groups is 1. The molecular formula is C17H26N2O2. The van der Waals surface area contributed by atoms with Gasteiger partial charge in [0, 0.05) is 17.9 Å². The summed E-state index contributed by atoms with van der Waals surface area (Å²) in [5.74, 6) is 1.25. The molecule has 0 radical (unpaired) electrons. The third-order valence-electron chi connectivity index (χ3n) is 4.57. The van der Waals surface area contributed by atoms with E-state index in [-0.39, 0.29) is 5.97 Å². The van der Waals surface area contributed by atoms with Crippen LogP contribution in [0.1, 0.15) is 49.4 Å². The fourth-order valence-electron chi connectivity index (χ4n) is 3.09. The number of nitrogen functional groups attached to an aromatic ring is 1. The number of benzene rings is 1. The summed E-state index contributed by atoms with van der Waals surface area (Å²) in [5, 5.41) is 3.40. The van der Waals surface area contributed by atoms with Crippen molar-refractivity contribution < 1.29 is 9.53 Å². The molecule has 0 heterocycles. The molecular weight excluding hydrogens is 264 g/mol. The Balaban J connectivity index is 1.95. The number of ether oxygens (including phenoxy) is 1. The van der Waals surface area contributed by atoms with Gasteiger partial charge >= 0.3 is 5.97 Å². The van der Waals surface area contributed by atoms with Gasteiger partial charge in [-0.15, -0.1) is 0 Å². The van der Waals surface area contributed by atoms with Gasteiger partial charge in [-0.3, -0.25) is 0 Å². The van der Waals surface area contributed by atoms with E-state index in [4.69, 9.17) is 10.5 Å². The van der Waals surface area contributed by atoms with Crippen molar-refractivity contribution in [1.82, 2.24) is 0 Å². The van der Waals surface area contributed by atoms with Crippen LogP contribution in [0.5, 0.6) is 0 Å². The molecule has 0 aliphatic heterocycles. The highest BCUT2D eigenvalue weighted by molar-refractivity contribution is 5.96. The van der Waals surface area contributed by atoms with Crippen LogP contribution in [0, 0.1) is 11.8 Å². The number of methoxy groups -OCH3 is 1. The zero-order chi connectivity index (χ0) is 15.2. The van der Waals surface area contributed by atoms with Crippen molar-refractivity contribution in [2.24, 2.45) is 11.8 Å². The van der Waals surface area contributed by atoms with Crippen molar-refractivity contribution in [3.8, 4) is 0 Å². The molecule has 0 saturated heterocycles. The Morgan fingerprint density at radius 1 is 1.29 bits per heavy atom. The van der Waals surface area contributed by atoms with E-state index in [1.54, 1.807) is 6.07 Å². The van der Waals surface area contributed by atoms with Crippen molar-refractivity contribution in [3.63, 3.8) is 0 Å². The maximum Gasteiger partial charge on any atom is 0.340 e. The van der Waals surface area contributed by atoms with Crippen LogP contribution in [-0.4, -0.2) is 19.6 Å². The van der Waals surface area contributed by atoms with Crippen LogP contribution in [0.2, 0.25) is 0 Å². The average Bonchev–Trinajstić information content (AvgIpc) is 2.53. The van der Waals surface area contributed by atoms with E-state index in [0.717, 1.165) is 18.2 Å².